The fraction of sp³-hybridized carbons (Fsp3) is 0.643. The van der Waals surface area contributed by atoms with Crippen LogP contribution in [-0.4, -0.2) is 74.9 Å². The number of esters is 2. The minimum absolute atomic E-state index is 0.0246. The fourth-order valence-electron chi connectivity index (χ4n) is 10.0. The number of allylic oxidation sites excluding steroid dienone is 28. The van der Waals surface area contributed by atoms with Gasteiger partial charge in [-0.2, -0.15) is 0 Å². The first kappa shape index (κ1) is 89.4. The Labute approximate surface area is 578 Å². The predicted octanol–water partition coefficient (Wildman–Crippen LogP) is 25.3. The molecule has 2 atom stereocenters. The van der Waals surface area contributed by atoms with Crippen LogP contribution in [0.15, 0.2) is 170 Å². The molecule has 0 amide bonds. The van der Waals surface area contributed by atoms with Gasteiger partial charge in [0.15, 0.2) is 6.10 Å². The van der Waals surface area contributed by atoms with Gasteiger partial charge in [-0.3, -0.25) is 18.6 Å². The molecule has 0 saturated carbocycles. The van der Waals surface area contributed by atoms with E-state index in [4.69, 9.17) is 18.5 Å². The Morgan fingerprint density at radius 2 is 0.574 bits per heavy atom. The summed E-state index contributed by atoms with van der Waals surface area (Å²) in [6, 6.07) is 0. The van der Waals surface area contributed by atoms with Crippen LogP contribution in [0.4, 0.5) is 0 Å². The topological polar surface area (TPSA) is 108 Å². The average molecular weight is 1320 g/mol. The molecular formula is C84H141NO8P+. The van der Waals surface area contributed by atoms with Crippen molar-refractivity contribution in [1.82, 2.24) is 0 Å². The molecule has 0 aromatic rings. The van der Waals surface area contributed by atoms with Gasteiger partial charge >= 0.3 is 19.8 Å². The van der Waals surface area contributed by atoms with Crippen molar-refractivity contribution in [2.24, 2.45) is 0 Å². The Kier molecular flexibility index (Phi) is 69.1. The van der Waals surface area contributed by atoms with Gasteiger partial charge in [0, 0.05) is 12.8 Å². The number of likely N-dealkylation sites (N-methyl/N-ethyl adjacent to an activating group) is 1. The first-order chi connectivity index (χ1) is 46.0. The smallest absolute Gasteiger partial charge is 0.462 e. The summed E-state index contributed by atoms with van der Waals surface area (Å²) in [5.41, 5.74) is 0. The minimum Gasteiger partial charge on any atom is -0.462 e. The second-order valence-electron chi connectivity index (χ2n) is 25.9. The summed E-state index contributed by atoms with van der Waals surface area (Å²) in [5, 5.41) is 0. The van der Waals surface area contributed by atoms with Crippen LogP contribution in [0.5, 0.6) is 0 Å². The maximum absolute atomic E-state index is 12.9. The highest BCUT2D eigenvalue weighted by Crippen LogP contribution is 2.43. The highest BCUT2D eigenvalue weighted by atomic mass is 31.2. The SMILES string of the molecule is CC/C=C\C/C=C\C/C=C\C/C=C\C/C=C\C/C=C\C/C=C\C/C=C\CCCCCCCCCCCCCCCCC(=O)OC(COC(=O)CCCCCCCCCCCCCC/C=C\C/C=C\C/C=C\C/C=C\C/C=C\C/C=C\CC)COP(=O)(O)OCC[N+](C)(C)C. The van der Waals surface area contributed by atoms with Crippen molar-refractivity contribution in [3.8, 4) is 0 Å². The van der Waals surface area contributed by atoms with Crippen molar-refractivity contribution < 1.29 is 42.1 Å². The number of quaternary nitrogens is 1. The van der Waals surface area contributed by atoms with Crippen LogP contribution in [-0.2, 0) is 32.7 Å². The molecular weight excluding hydrogens is 1180 g/mol. The van der Waals surface area contributed by atoms with E-state index in [0.717, 1.165) is 128 Å². The zero-order chi connectivity index (χ0) is 68.3. The molecule has 0 heterocycles. The van der Waals surface area contributed by atoms with Gasteiger partial charge < -0.3 is 18.9 Å². The van der Waals surface area contributed by atoms with E-state index >= 15 is 0 Å². The normalized spacial score (nSPS) is 14.1. The number of unbranched alkanes of at least 4 members (excludes halogenated alkanes) is 26. The first-order valence-electron chi connectivity index (χ1n) is 37.9. The molecule has 0 aromatic heterocycles. The molecule has 0 fully saturated rings. The van der Waals surface area contributed by atoms with Gasteiger partial charge in [0.25, 0.3) is 0 Å². The highest BCUT2D eigenvalue weighted by Gasteiger charge is 2.27. The van der Waals surface area contributed by atoms with Gasteiger partial charge in [-0.25, -0.2) is 4.57 Å². The third-order valence-corrected chi connectivity index (χ3v) is 16.7. The summed E-state index contributed by atoms with van der Waals surface area (Å²) < 4.78 is 34.8. The molecule has 10 heteroatoms. The summed E-state index contributed by atoms with van der Waals surface area (Å²) in [7, 11) is 1.46. The van der Waals surface area contributed by atoms with Crippen LogP contribution in [0.1, 0.15) is 296 Å². The second-order valence-corrected chi connectivity index (χ2v) is 27.4. The zero-order valence-corrected chi connectivity index (χ0v) is 61.8. The van der Waals surface area contributed by atoms with Gasteiger partial charge in [0.2, 0.25) is 0 Å². The second kappa shape index (κ2) is 72.6. The summed E-state index contributed by atoms with van der Waals surface area (Å²) in [5.74, 6) is -0.802. The lowest BCUT2D eigenvalue weighted by Gasteiger charge is -2.24. The third-order valence-electron chi connectivity index (χ3n) is 15.7. The molecule has 0 saturated heterocycles. The van der Waals surface area contributed by atoms with Crippen LogP contribution in [0, 0.1) is 0 Å². The van der Waals surface area contributed by atoms with Crippen LogP contribution < -0.4 is 0 Å². The summed E-state index contributed by atoms with van der Waals surface area (Å²) in [6.45, 7) is 4.21. The first-order valence-corrected chi connectivity index (χ1v) is 39.4. The van der Waals surface area contributed by atoms with E-state index < -0.39 is 26.5 Å². The number of phosphoric acid groups is 1. The molecule has 0 aromatic carbocycles. The number of hydrogen-bond donors (Lipinski definition) is 1. The molecule has 94 heavy (non-hydrogen) atoms. The van der Waals surface area contributed by atoms with Crippen LogP contribution in [0.25, 0.3) is 0 Å². The lowest BCUT2D eigenvalue weighted by Crippen LogP contribution is -2.37. The van der Waals surface area contributed by atoms with Gasteiger partial charge in [0.1, 0.15) is 19.8 Å². The lowest BCUT2D eigenvalue weighted by atomic mass is 10.0. The number of carbonyl (C=O) groups is 2. The molecule has 9 nitrogen and oxygen atoms in total. The molecule has 0 radical (unpaired) electrons. The molecule has 2 unspecified atom stereocenters. The van der Waals surface area contributed by atoms with Crippen molar-refractivity contribution in [1.29, 1.82) is 0 Å². The van der Waals surface area contributed by atoms with Gasteiger partial charge in [-0.1, -0.05) is 325 Å². The molecule has 0 rings (SSSR count). The minimum atomic E-state index is -4.41. The van der Waals surface area contributed by atoms with E-state index in [1.54, 1.807) is 0 Å². The quantitative estimate of drug-likeness (QED) is 0.0211. The predicted molar refractivity (Wildman–Crippen MR) is 408 cm³/mol. The zero-order valence-electron chi connectivity index (χ0n) is 60.9. The van der Waals surface area contributed by atoms with Crippen LogP contribution >= 0.6 is 7.82 Å². The Morgan fingerprint density at radius 3 is 0.851 bits per heavy atom. The van der Waals surface area contributed by atoms with E-state index in [2.05, 4.69) is 184 Å². The summed E-state index contributed by atoms with van der Waals surface area (Å²) in [4.78, 5) is 36.0. The fourth-order valence-corrected chi connectivity index (χ4v) is 10.8. The highest BCUT2D eigenvalue weighted by molar-refractivity contribution is 7.47. The number of ether oxygens (including phenoxy) is 2. The molecule has 0 bridgehead atoms. The standard InChI is InChI=1S/C84H140NO8P/c1-6-8-10-12-14-16-18-20-22-24-26-28-30-32-34-36-38-39-40-41-42-43-44-45-47-49-51-53-55-57-59-61-63-65-67-69-71-73-75-77-84(87)93-82(81-92-94(88,89)91-79-78-85(3,4)5)80-90-83(86)76-74-72-70-68-66-64-62-60-58-56-54-52-50-48-46-37-35-33-31-29-27-25-23-21-19-17-15-13-11-9-7-2/h8-11,14-17,20-23,26-29,32-35,38-39,41-42,44-46,48,82H,6-7,12-13,18-19,24-25,30-31,36-37,40,43,47,49-81H2,1-5H3/p+1/b10-8-,11-9-,16-14-,17-15-,22-20-,23-21-,28-26-,29-27-,34-32-,35-33-,39-38-,42-41-,45-44-,48-46-. The molecule has 0 aliphatic carbocycles. The van der Waals surface area contributed by atoms with E-state index in [0.29, 0.717) is 17.4 Å². The maximum Gasteiger partial charge on any atom is 0.472 e. The van der Waals surface area contributed by atoms with Gasteiger partial charge in [0.05, 0.1) is 27.7 Å². The number of carbonyl (C=O) groups excluding carboxylic acids is 2. The van der Waals surface area contributed by atoms with Gasteiger partial charge in [-0.05, 0) is 128 Å². The van der Waals surface area contributed by atoms with Crippen molar-refractivity contribution in [2.75, 3.05) is 47.5 Å². The maximum atomic E-state index is 12.9. The average Bonchev–Trinajstić information content (AvgIpc) is 1.56. The summed E-state index contributed by atoms with van der Waals surface area (Å²) in [6.07, 6.45) is 110. The van der Waals surface area contributed by atoms with E-state index in [1.165, 1.54) is 135 Å². The molecule has 534 valence electrons. The number of phosphoric ester groups is 1. The van der Waals surface area contributed by atoms with Gasteiger partial charge in [-0.15, -0.1) is 0 Å². The lowest BCUT2D eigenvalue weighted by molar-refractivity contribution is -0.870. The Bertz CT molecular complexity index is 2200. The van der Waals surface area contributed by atoms with Crippen LogP contribution in [0.2, 0.25) is 0 Å². The number of hydrogen-bond acceptors (Lipinski definition) is 7. The molecule has 1 N–H and O–H groups in total. The van der Waals surface area contributed by atoms with Crippen molar-refractivity contribution in [3.63, 3.8) is 0 Å². The third kappa shape index (κ3) is 76.4. The molecule has 0 aliphatic heterocycles. The van der Waals surface area contributed by atoms with Crippen molar-refractivity contribution >= 4 is 19.8 Å². The Morgan fingerprint density at radius 1 is 0.330 bits per heavy atom. The van der Waals surface area contributed by atoms with E-state index in [9.17, 15) is 19.0 Å². The number of rotatable bonds is 68. The largest absolute Gasteiger partial charge is 0.472 e. The van der Waals surface area contributed by atoms with E-state index in [-0.39, 0.29) is 32.0 Å². The number of nitrogens with zero attached hydrogens (tertiary/aromatic N) is 1. The Balaban J connectivity index is 4.05. The van der Waals surface area contributed by atoms with Crippen molar-refractivity contribution in [3.05, 3.63) is 170 Å². The van der Waals surface area contributed by atoms with Crippen molar-refractivity contribution in [2.45, 2.75) is 302 Å². The molecule has 0 spiro atoms. The summed E-state index contributed by atoms with van der Waals surface area (Å²) >= 11 is 0. The van der Waals surface area contributed by atoms with Crippen LogP contribution in [0.3, 0.4) is 0 Å². The van der Waals surface area contributed by atoms with E-state index in [1.807, 2.05) is 21.1 Å². The monoisotopic (exact) mass is 1320 g/mol. The Hall–Kier alpha value is -4.63. The molecule has 0 aliphatic rings.